The summed E-state index contributed by atoms with van der Waals surface area (Å²) in [4.78, 5) is 36.8. The van der Waals surface area contributed by atoms with Gasteiger partial charge in [0.1, 0.15) is 4.32 Å². The number of para-hydroxylation sites is 1. The summed E-state index contributed by atoms with van der Waals surface area (Å²) in [5.41, 5.74) is 1.40. The molecule has 0 spiro atoms. The van der Waals surface area contributed by atoms with E-state index >= 15 is 0 Å². The van der Waals surface area contributed by atoms with Crippen molar-refractivity contribution < 1.29 is 14.5 Å². The fourth-order valence-electron chi connectivity index (χ4n) is 2.68. The van der Waals surface area contributed by atoms with E-state index in [1.165, 1.54) is 28.8 Å². The molecular weight excluding hydrogens is 410 g/mol. The van der Waals surface area contributed by atoms with Gasteiger partial charge in [0, 0.05) is 30.8 Å². The fraction of sp³-hybridized carbons (Fsp3) is 0.150. The number of carbonyl (C=O) groups is 2. The van der Waals surface area contributed by atoms with E-state index in [0.29, 0.717) is 27.8 Å². The van der Waals surface area contributed by atoms with Gasteiger partial charge in [-0.1, -0.05) is 42.2 Å². The molecule has 0 unspecified atom stereocenters. The predicted octanol–water partition coefficient (Wildman–Crippen LogP) is 4.21. The van der Waals surface area contributed by atoms with Crippen molar-refractivity contribution in [2.24, 2.45) is 0 Å². The van der Waals surface area contributed by atoms with Crippen LogP contribution in [0.15, 0.2) is 59.5 Å². The lowest BCUT2D eigenvalue weighted by atomic mass is 10.2. The van der Waals surface area contributed by atoms with Crippen molar-refractivity contribution in [2.45, 2.75) is 12.8 Å². The minimum atomic E-state index is -0.475. The molecule has 0 aromatic heterocycles. The Morgan fingerprint density at radius 1 is 1.17 bits per heavy atom. The number of carbonyl (C=O) groups excluding carboxylic acids is 2. The first kappa shape index (κ1) is 20.7. The first-order valence-corrected chi connectivity index (χ1v) is 10.0. The number of thiocarbonyl (C=S) groups is 1. The second-order valence-corrected chi connectivity index (χ2v) is 7.88. The summed E-state index contributed by atoms with van der Waals surface area (Å²) in [6.07, 6.45) is 2.41. The van der Waals surface area contributed by atoms with Gasteiger partial charge in [-0.25, -0.2) is 0 Å². The monoisotopic (exact) mass is 427 g/mol. The number of anilines is 1. The topological polar surface area (TPSA) is 92.5 Å². The number of benzene rings is 2. The Morgan fingerprint density at radius 2 is 1.86 bits per heavy atom. The number of non-ortho nitro benzene ring substituents is 1. The highest BCUT2D eigenvalue weighted by molar-refractivity contribution is 8.26. The summed E-state index contributed by atoms with van der Waals surface area (Å²) in [6.45, 7) is 0.352. The van der Waals surface area contributed by atoms with Crippen LogP contribution in [0.4, 0.5) is 11.4 Å². The van der Waals surface area contributed by atoms with Crippen LogP contribution in [-0.4, -0.2) is 32.5 Å². The molecule has 9 heteroatoms. The molecule has 1 fully saturated rings. The quantitative estimate of drug-likeness (QED) is 0.308. The molecule has 1 saturated heterocycles. The van der Waals surface area contributed by atoms with Gasteiger partial charge in [-0.05, 0) is 42.3 Å². The third-order valence-corrected chi connectivity index (χ3v) is 5.50. The molecule has 7 nitrogen and oxygen atoms in total. The van der Waals surface area contributed by atoms with Gasteiger partial charge in [0.15, 0.2) is 0 Å². The molecule has 1 heterocycles. The average molecular weight is 428 g/mol. The highest BCUT2D eigenvalue weighted by atomic mass is 32.2. The van der Waals surface area contributed by atoms with Gasteiger partial charge in [-0.15, -0.1) is 0 Å². The van der Waals surface area contributed by atoms with Crippen LogP contribution in [-0.2, 0) is 9.59 Å². The van der Waals surface area contributed by atoms with Gasteiger partial charge in [-0.2, -0.15) is 0 Å². The fourth-order valence-corrected chi connectivity index (χ4v) is 3.99. The van der Waals surface area contributed by atoms with Crippen molar-refractivity contribution in [3.05, 3.63) is 75.2 Å². The molecule has 2 amide bonds. The van der Waals surface area contributed by atoms with E-state index in [1.54, 1.807) is 18.2 Å². The Kier molecular flexibility index (Phi) is 6.73. The van der Waals surface area contributed by atoms with Gasteiger partial charge in [0.05, 0.1) is 9.83 Å². The Morgan fingerprint density at radius 3 is 2.52 bits per heavy atom. The Bertz CT molecular complexity index is 975. The van der Waals surface area contributed by atoms with Gasteiger partial charge < -0.3 is 5.32 Å². The SMILES string of the molecule is O=C(CCCN1C(=O)/C(=C/c2ccc([N+](=O)[O-])cc2)SC1=S)Nc1ccccc1. The molecule has 0 atom stereocenters. The predicted molar refractivity (Wildman–Crippen MR) is 117 cm³/mol. The van der Waals surface area contributed by atoms with Crippen LogP contribution < -0.4 is 5.32 Å². The zero-order valence-corrected chi connectivity index (χ0v) is 16.9. The van der Waals surface area contributed by atoms with Gasteiger partial charge in [0.2, 0.25) is 5.91 Å². The maximum Gasteiger partial charge on any atom is 0.269 e. The Labute approximate surface area is 176 Å². The van der Waals surface area contributed by atoms with E-state index in [2.05, 4.69) is 5.32 Å². The number of rotatable bonds is 7. The molecule has 2 aromatic rings. The van der Waals surface area contributed by atoms with Crippen molar-refractivity contribution >= 4 is 57.6 Å². The third-order valence-electron chi connectivity index (χ3n) is 4.12. The molecule has 1 aliphatic rings. The van der Waals surface area contributed by atoms with Gasteiger partial charge in [-0.3, -0.25) is 24.6 Å². The third kappa shape index (κ3) is 5.49. The molecule has 2 aromatic carbocycles. The van der Waals surface area contributed by atoms with Crippen LogP contribution in [0.5, 0.6) is 0 Å². The number of nitrogens with one attached hydrogen (secondary N) is 1. The van der Waals surface area contributed by atoms with Crippen LogP contribution >= 0.6 is 24.0 Å². The summed E-state index contributed by atoms with van der Waals surface area (Å²) < 4.78 is 0.437. The summed E-state index contributed by atoms with van der Waals surface area (Å²) in [5.74, 6) is -0.343. The first-order valence-electron chi connectivity index (χ1n) is 8.79. The molecule has 0 aliphatic carbocycles. The summed E-state index contributed by atoms with van der Waals surface area (Å²) in [7, 11) is 0. The minimum Gasteiger partial charge on any atom is -0.326 e. The average Bonchev–Trinajstić information content (AvgIpc) is 2.96. The Hall–Kier alpha value is -3.04. The van der Waals surface area contributed by atoms with Crippen molar-refractivity contribution in [1.82, 2.24) is 4.90 Å². The smallest absolute Gasteiger partial charge is 0.269 e. The van der Waals surface area contributed by atoms with Crippen LogP contribution in [0.1, 0.15) is 18.4 Å². The second kappa shape index (κ2) is 9.44. The maximum atomic E-state index is 12.6. The van der Waals surface area contributed by atoms with E-state index in [-0.39, 0.29) is 23.9 Å². The number of thioether (sulfide) groups is 1. The highest BCUT2D eigenvalue weighted by Gasteiger charge is 2.31. The standard InChI is InChI=1S/C20H17N3O4S2/c24-18(21-15-5-2-1-3-6-15)7-4-12-22-19(25)17(29-20(22)28)13-14-8-10-16(11-9-14)23(26)27/h1-3,5-6,8-11,13H,4,7,12H2,(H,21,24)/b17-13-. The number of amides is 2. The molecule has 0 bridgehead atoms. The number of hydrogen-bond donors (Lipinski definition) is 1. The second-order valence-electron chi connectivity index (χ2n) is 6.20. The lowest BCUT2D eigenvalue weighted by Gasteiger charge is -2.14. The largest absolute Gasteiger partial charge is 0.326 e. The normalized spacial score (nSPS) is 15.0. The summed E-state index contributed by atoms with van der Waals surface area (Å²) in [5, 5.41) is 13.5. The Balaban J connectivity index is 1.54. The molecule has 29 heavy (non-hydrogen) atoms. The summed E-state index contributed by atoms with van der Waals surface area (Å²) >= 11 is 6.47. The van der Waals surface area contributed by atoms with Crippen LogP contribution in [0, 0.1) is 10.1 Å². The van der Waals surface area contributed by atoms with Crippen LogP contribution in [0.2, 0.25) is 0 Å². The molecule has 0 radical (unpaired) electrons. The minimum absolute atomic E-state index is 0.0107. The number of nitro groups is 1. The van der Waals surface area contributed by atoms with E-state index in [0.717, 1.165) is 5.69 Å². The van der Waals surface area contributed by atoms with Crippen molar-refractivity contribution in [2.75, 3.05) is 11.9 Å². The lowest BCUT2D eigenvalue weighted by Crippen LogP contribution is -2.29. The molecule has 3 rings (SSSR count). The van der Waals surface area contributed by atoms with Crippen molar-refractivity contribution in [3.63, 3.8) is 0 Å². The number of nitrogens with zero attached hydrogens (tertiary/aromatic N) is 2. The maximum absolute atomic E-state index is 12.6. The zero-order valence-electron chi connectivity index (χ0n) is 15.2. The van der Waals surface area contributed by atoms with E-state index < -0.39 is 4.92 Å². The molecule has 1 N–H and O–H groups in total. The van der Waals surface area contributed by atoms with Crippen LogP contribution in [0.3, 0.4) is 0 Å². The van der Waals surface area contributed by atoms with Gasteiger partial charge >= 0.3 is 0 Å². The zero-order chi connectivity index (χ0) is 20.8. The lowest BCUT2D eigenvalue weighted by molar-refractivity contribution is -0.384. The van der Waals surface area contributed by atoms with E-state index in [4.69, 9.17) is 12.2 Å². The molecule has 148 valence electrons. The van der Waals surface area contributed by atoms with Crippen molar-refractivity contribution in [1.29, 1.82) is 0 Å². The van der Waals surface area contributed by atoms with Crippen molar-refractivity contribution in [3.8, 4) is 0 Å². The van der Waals surface area contributed by atoms with Gasteiger partial charge in [0.25, 0.3) is 11.6 Å². The number of nitro benzene ring substituents is 1. The summed E-state index contributed by atoms with van der Waals surface area (Å²) in [6, 6.07) is 15.1. The first-order chi connectivity index (χ1) is 13.9. The molecule has 0 saturated carbocycles. The van der Waals surface area contributed by atoms with Crippen LogP contribution in [0.25, 0.3) is 6.08 Å². The van der Waals surface area contributed by atoms with E-state index in [1.807, 2.05) is 30.3 Å². The molecular formula is C20H17N3O4S2. The molecule has 1 aliphatic heterocycles. The van der Waals surface area contributed by atoms with E-state index in [9.17, 15) is 19.7 Å². The number of hydrogen-bond acceptors (Lipinski definition) is 6. The highest BCUT2D eigenvalue weighted by Crippen LogP contribution is 2.33.